The predicted octanol–water partition coefficient (Wildman–Crippen LogP) is 2.70. The van der Waals surface area contributed by atoms with Gasteiger partial charge in [-0.05, 0) is 24.8 Å². The second kappa shape index (κ2) is 5.50. The Morgan fingerprint density at radius 2 is 2.05 bits per heavy atom. The standard InChI is InChI=1S/C12H12N2O3S2/c1-6-4-19-11(12(16)17)10(6)14-9(15)3-8-5-18-7(2)13-8/h4-5H,3H2,1-2H3,(H,14,15)(H,16,17). The Morgan fingerprint density at radius 1 is 1.32 bits per heavy atom. The number of aromatic carboxylic acids is 1. The van der Waals surface area contributed by atoms with Crippen LogP contribution in [0, 0.1) is 13.8 Å². The zero-order valence-electron chi connectivity index (χ0n) is 10.4. The SMILES string of the molecule is Cc1nc(CC(=O)Nc2c(C)csc2C(=O)O)cs1. The minimum absolute atomic E-state index is 0.151. The van der Waals surface area contributed by atoms with E-state index in [0.717, 1.165) is 21.9 Å². The lowest BCUT2D eigenvalue weighted by atomic mass is 10.2. The van der Waals surface area contributed by atoms with Crippen LogP contribution in [0.25, 0.3) is 0 Å². The second-order valence-corrected chi connectivity index (χ2v) is 5.95. The number of carboxylic acid groups (broad SMARTS) is 1. The topological polar surface area (TPSA) is 79.3 Å². The summed E-state index contributed by atoms with van der Waals surface area (Å²) in [5, 5.41) is 16.1. The Kier molecular flexibility index (Phi) is 3.96. The number of nitrogens with one attached hydrogen (secondary N) is 1. The molecule has 2 heterocycles. The Bertz CT molecular complexity index is 631. The molecule has 0 aromatic carbocycles. The Balaban J connectivity index is 2.11. The molecule has 0 spiro atoms. The number of thiazole rings is 1. The molecule has 0 aliphatic carbocycles. The molecule has 19 heavy (non-hydrogen) atoms. The fraction of sp³-hybridized carbons (Fsp3) is 0.250. The van der Waals surface area contributed by atoms with E-state index < -0.39 is 5.97 Å². The van der Waals surface area contributed by atoms with Crippen LogP contribution in [0.5, 0.6) is 0 Å². The quantitative estimate of drug-likeness (QED) is 0.909. The number of hydrogen-bond donors (Lipinski definition) is 2. The lowest BCUT2D eigenvalue weighted by molar-refractivity contribution is -0.115. The highest BCUT2D eigenvalue weighted by Gasteiger charge is 2.17. The van der Waals surface area contributed by atoms with Crippen molar-refractivity contribution in [3.8, 4) is 0 Å². The third kappa shape index (κ3) is 3.18. The highest BCUT2D eigenvalue weighted by atomic mass is 32.1. The maximum Gasteiger partial charge on any atom is 0.348 e. The molecule has 0 atom stereocenters. The molecule has 2 aromatic rings. The minimum atomic E-state index is -1.03. The number of anilines is 1. The number of amides is 1. The van der Waals surface area contributed by atoms with Gasteiger partial charge in [0, 0.05) is 5.38 Å². The van der Waals surface area contributed by atoms with Gasteiger partial charge in [0.05, 0.1) is 22.8 Å². The zero-order chi connectivity index (χ0) is 14.0. The first-order chi connectivity index (χ1) is 8.97. The molecule has 0 saturated carbocycles. The normalized spacial score (nSPS) is 10.4. The first-order valence-corrected chi connectivity index (χ1v) is 7.25. The van der Waals surface area contributed by atoms with E-state index in [2.05, 4.69) is 10.3 Å². The van der Waals surface area contributed by atoms with Gasteiger partial charge >= 0.3 is 5.97 Å². The molecule has 7 heteroatoms. The summed E-state index contributed by atoms with van der Waals surface area (Å²) < 4.78 is 0. The lowest BCUT2D eigenvalue weighted by Gasteiger charge is -2.05. The highest BCUT2D eigenvalue weighted by Crippen LogP contribution is 2.27. The van der Waals surface area contributed by atoms with Gasteiger partial charge in [0.2, 0.25) is 5.91 Å². The van der Waals surface area contributed by atoms with Crippen LogP contribution in [0.4, 0.5) is 5.69 Å². The van der Waals surface area contributed by atoms with Crippen molar-refractivity contribution in [2.24, 2.45) is 0 Å². The molecule has 0 fully saturated rings. The molecular formula is C12H12N2O3S2. The summed E-state index contributed by atoms with van der Waals surface area (Å²) >= 11 is 2.59. The summed E-state index contributed by atoms with van der Waals surface area (Å²) in [6.45, 7) is 3.64. The van der Waals surface area contributed by atoms with E-state index >= 15 is 0 Å². The van der Waals surface area contributed by atoms with Gasteiger partial charge in [-0.3, -0.25) is 4.79 Å². The van der Waals surface area contributed by atoms with Crippen LogP contribution < -0.4 is 5.32 Å². The number of aromatic nitrogens is 1. The molecule has 0 radical (unpaired) electrons. The number of carbonyl (C=O) groups is 2. The molecule has 5 nitrogen and oxygen atoms in total. The largest absolute Gasteiger partial charge is 0.477 e. The number of nitrogens with zero attached hydrogens (tertiary/aromatic N) is 1. The van der Waals surface area contributed by atoms with E-state index in [0.29, 0.717) is 11.4 Å². The lowest BCUT2D eigenvalue weighted by Crippen LogP contribution is -2.16. The molecule has 2 N–H and O–H groups in total. The third-order valence-corrected chi connectivity index (χ3v) is 4.35. The fourth-order valence-corrected chi connectivity index (χ4v) is 3.05. The molecule has 1 amide bonds. The third-order valence-electron chi connectivity index (χ3n) is 2.44. The van der Waals surface area contributed by atoms with E-state index in [1.165, 1.54) is 11.3 Å². The van der Waals surface area contributed by atoms with Crippen molar-refractivity contribution in [3.05, 3.63) is 31.9 Å². The second-order valence-electron chi connectivity index (χ2n) is 4.01. The number of thiophene rings is 1. The van der Waals surface area contributed by atoms with E-state index in [9.17, 15) is 9.59 Å². The van der Waals surface area contributed by atoms with Gasteiger partial charge in [0.15, 0.2) is 0 Å². The number of rotatable bonds is 4. The van der Waals surface area contributed by atoms with Gasteiger partial charge in [0.1, 0.15) is 4.88 Å². The summed E-state index contributed by atoms with van der Waals surface area (Å²) in [6.07, 6.45) is 0.151. The van der Waals surface area contributed by atoms with E-state index in [1.807, 2.05) is 12.3 Å². The summed E-state index contributed by atoms with van der Waals surface area (Å²) in [4.78, 5) is 27.3. The Labute approximate surface area is 117 Å². The van der Waals surface area contributed by atoms with E-state index in [1.54, 1.807) is 12.3 Å². The number of hydrogen-bond acceptors (Lipinski definition) is 5. The monoisotopic (exact) mass is 296 g/mol. The Morgan fingerprint density at radius 3 is 2.63 bits per heavy atom. The minimum Gasteiger partial charge on any atom is -0.477 e. The number of carbonyl (C=O) groups excluding carboxylic acids is 1. The summed E-state index contributed by atoms with van der Waals surface area (Å²) in [5.41, 5.74) is 1.84. The van der Waals surface area contributed by atoms with Gasteiger partial charge in [0.25, 0.3) is 0 Å². The number of carboxylic acids is 1. The molecule has 2 rings (SSSR count). The fourth-order valence-electron chi connectivity index (χ4n) is 1.59. The van der Waals surface area contributed by atoms with Crippen LogP contribution in [0.15, 0.2) is 10.8 Å². The van der Waals surface area contributed by atoms with Crippen molar-refractivity contribution >= 4 is 40.2 Å². The molecule has 100 valence electrons. The van der Waals surface area contributed by atoms with Gasteiger partial charge < -0.3 is 10.4 Å². The first kappa shape index (κ1) is 13.7. The van der Waals surface area contributed by atoms with Crippen LogP contribution in [-0.4, -0.2) is 22.0 Å². The summed E-state index contributed by atoms with van der Waals surface area (Å²) in [5.74, 6) is -1.28. The molecule has 2 aromatic heterocycles. The van der Waals surface area contributed by atoms with Crippen molar-refractivity contribution in [3.63, 3.8) is 0 Å². The van der Waals surface area contributed by atoms with Gasteiger partial charge in [-0.2, -0.15) is 0 Å². The maximum absolute atomic E-state index is 11.9. The molecule has 0 unspecified atom stereocenters. The zero-order valence-corrected chi connectivity index (χ0v) is 12.0. The smallest absolute Gasteiger partial charge is 0.348 e. The molecule has 0 aliphatic rings. The average Bonchev–Trinajstić information content (AvgIpc) is 2.87. The van der Waals surface area contributed by atoms with Crippen LogP contribution >= 0.6 is 22.7 Å². The van der Waals surface area contributed by atoms with Crippen LogP contribution in [-0.2, 0) is 11.2 Å². The summed E-state index contributed by atoms with van der Waals surface area (Å²) in [6, 6.07) is 0. The van der Waals surface area contributed by atoms with Crippen LogP contribution in [0.1, 0.15) is 25.9 Å². The van der Waals surface area contributed by atoms with E-state index in [4.69, 9.17) is 5.11 Å². The Hall–Kier alpha value is -1.73. The summed E-state index contributed by atoms with van der Waals surface area (Å²) in [7, 11) is 0. The van der Waals surface area contributed by atoms with Crippen molar-refractivity contribution < 1.29 is 14.7 Å². The van der Waals surface area contributed by atoms with Crippen molar-refractivity contribution in [2.75, 3.05) is 5.32 Å². The van der Waals surface area contributed by atoms with Crippen molar-refractivity contribution in [2.45, 2.75) is 20.3 Å². The van der Waals surface area contributed by atoms with Gasteiger partial charge in [-0.1, -0.05) is 0 Å². The average molecular weight is 296 g/mol. The number of aryl methyl sites for hydroxylation is 2. The van der Waals surface area contributed by atoms with Crippen molar-refractivity contribution in [1.82, 2.24) is 4.98 Å². The van der Waals surface area contributed by atoms with Gasteiger partial charge in [-0.25, -0.2) is 9.78 Å². The molecule has 0 saturated heterocycles. The van der Waals surface area contributed by atoms with Crippen molar-refractivity contribution in [1.29, 1.82) is 0 Å². The maximum atomic E-state index is 11.9. The molecular weight excluding hydrogens is 284 g/mol. The highest BCUT2D eigenvalue weighted by molar-refractivity contribution is 7.12. The predicted molar refractivity (Wildman–Crippen MR) is 75.2 cm³/mol. The van der Waals surface area contributed by atoms with Gasteiger partial charge in [-0.15, -0.1) is 22.7 Å². The molecule has 0 aliphatic heterocycles. The van der Waals surface area contributed by atoms with E-state index in [-0.39, 0.29) is 17.2 Å². The molecule has 0 bridgehead atoms. The van der Waals surface area contributed by atoms with Crippen LogP contribution in [0.3, 0.4) is 0 Å². The van der Waals surface area contributed by atoms with Crippen LogP contribution in [0.2, 0.25) is 0 Å². The first-order valence-electron chi connectivity index (χ1n) is 5.49.